The van der Waals surface area contributed by atoms with Gasteiger partial charge in [0.25, 0.3) is 11.5 Å². The number of nitrogens with zero attached hydrogens (tertiary/aromatic N) is 2. The van der Waals surface area contributed by atoms with Crippen LogP contribution in [0, 0.1) is 0 Å². The molecule has 19 heteroatoms. The number of rotatable bonds is 9. The van der Waals surface area contributed by atoms with Crippen molar-refractivity contribution in [2.45, 2.75) is 43.0 Å². The molecule has 0 bridgehead atoms. The van der Waals surface area contributed by atoms with Gasteiger partial charge in [-0.1, -0.05) is 30.3 Å². The van der Waals surface area contributed by atoms with Crippen LogP contribution >= 0.6 is 15.2 Å². The van der Waals surface area contributed by atoms with Crippen molar-refractivity contribution in [3.63, 3.8) is 0 Å². The van der Waals surface area contributed by atoms with Gasteiger partial charge in [0.1, 0.15) is 0 Å². The molecule has 1 aromatic carbocycles. The van der Waals surface area contributed by atoms with Gasteiger partial charge in [-0.15, -0.1) is 0 Å². The summed E-state index contributed by atoms with van der Waals surface area (Å²) in [5, 5.41) is 15.4. The lowest BCUT2D eigenvalue weighted by molar-refractivity contribution is -0.156. The van der Waals surface area contributed by atoms with Crippen LogP contribution in [-0.2, 0) is 36.6 Å². The van der Waals surface area contributed by atoms with Crippen LogP contribution in [0.25, 0.3) is 0 Å². The SMILES string of the molecule is CC1(COP(=O)(O)C(F)(F)P(=O)(O)O)OC(C)(n2ccc(=O)n(CC(F)(F)c3ccccc3)c2=O)C(O)=C1O. The first kappa shape index (κ1) is 30.8. The van der Waals surface area contributed by atoms with Gasteiger partial charge >= 0.3 is 26.3 Å². The summed E-state index contributed by atoms with van der Waals surface area (Å²) in [6.07, 6.45) is 0.719. The topological polar surface area (TPSA) is 198 Å². The van der Waals surface area contributed by atoms with Crippen molar-refractivity contribution in [3.8, 4) is 0 Å². The van der Waals surface area contributed by atoms with Crippen LogP contribution in [-0.4, -0.2) is 51.6 Å². The molecule has 3 rings (SSSR count). The summed E-state index contributed by atoms with van der Waals surface area (Å²) >= 11 is 0. The Labute approximate surface area is 215 Å². The van der Waals surface area contributed by atoms with Crippen molar-refractivity contribution in [3.05, 3.63) is 80.5 Å². The normalized spacial score (nSPS) is 24.1. The molecule has 2 heterocycles. The van der Waals surface area contributed by atoms with E-state index >= 15 is 0 Å². The summed E-state index contributed by atoms with van der Waals surface area (Å²) < 4.78 is 90.2. The highest BCUT2D eigenvalue weighted by Gasteiger charge is 2.66. The lowest BCUT2D eigenvalue weighted by atomic mass is 10.1. The van der Waals surface area contributed by atoms with E-state index in [1.54, 1.807) is 0 Å². The van der Waals surface area contributed by atoms with Crippen LogP contribution in [0.1, 0.15) is 19.4 Å². The lowest BCUT2D eigenvalue weighted by Gasteiger charge is -2.33. The molecular formula is C20H22F4N2O11P2. The Morgan fingerprint density at radius 2 is 1.54 bits per heavy atom. The zero-order valence-corrected chi connectivity index (χ0v) is 21.7. The maximum atomic E-state index is 14.8. The molecule has 0 saturated carbocycles. The van der Waals surface area contributed by atoms with E-state index in [4.69, 9.17) is 14.5 Å². The number of ether oxygens (including phenoxy) is 1. The molecule has 39 heavy (non-hydrogen) atoms. The molecule has 3 unspecified atom stereocenters. The van der Waals surface area contributed by atoms with Gasteiger partial charge < -0.3 is 34.2 Å². The van der Waals surface area contributed by atoms with Gasteiger partial charge in [-0.25, -0.2) is 4.79 Å². The number of aliphatic hydroxyl groups excluding tert-OH is 2. The minimum absolute atomic E-state index is 0.112. The van der Waals surface area contributed by atoms with E-state index in [1.807, 2.05) is 0 Å². The predicted octanol–water partition coefficient (Wildman–Crippen LogP) is 2.52. The molecule has 1 aromatic heterocycles. The molecule has 1 aliphatic rings. The smallest absolute Gasteiger partial charge is 0.443 e. The van der Waals surface area contributed by atoms with E-state index in [0.29, 0.717) is 10.6 Å². The molecule has 1 aliphatic heterocycles. The van der Waals surface area contributed by atoms with Crippen LogP contribution < -0.4 is 11.2 Å². The second kappa shape index (κ2) is 9.70. The molecule has 0 aliphatic carbocycles. The number of halogens is 4. The van der Waals surface area contributed by atoms with E-state index in [-0.39, 0.29) is 4.57 Å². The first-order valence-corrected chi connectivity index (χ1v) is 13.8. The predicted molar refractivity (Wildman–Crippen MR) is 123 cm³/mol. The fourth-order valence-corrected chi connectivity index (χ4v) is 5.74. The minimum atomic E-state index is -6.51. The lowest BCUT2D eigenvalue weighted by Crippen LogP contribution is -2.50. The monoisotopic (exact) mass is 604 g/mol. The second-order valence-corrected chi connectivity index (χ2v) is 12.7. The Hall–Kier alpha value is -2.78. The van der Waals surface area contributed by atoms with Crippen molar-refractivity contribution in [2.24, 2.45) is 0 Å². The maximum absolute atomic E-state index is 14.8. The molecule has 0 fully saturated rings. The molecule has 0 amide bonds. The van der Waals surface area contributed by atoms with Crippen molar-refractivity contribution in [2.75, 3.05) is 6.61 Å². The minimum Gasteiger partial charge on any atom is -0.506 e. The number of aliphatic hydroxyl groups is 2. The molecule has 0 spiro atoms. The van der Waals surface area contributed by atoms with Gasteiger partial charge in [0, 0.05) is 17.8 Å². The van der Waals surface area contributed by atoms with Gasteiger partial charge in [0.2, 0.25) is 5.72 Å². The first-order valence-electron chi connectivity index (χ1n) is 10.6. The third-order valence-corrected chi connectivity index (χ3v) is 9.28. The van der Waals surface area contributed by atoms with Crippen molar-refractivity contribution in [1.82, 2.24) is 9.13 Å². The molecule has 0 saturated heterocycles. The second-order valence-electron chi connectivity index (χ2n) is 8.82. The Balaban J connectivity index is 1.99. The van der Waals surface area contributed by atoms with Crippen LogP contribution in [0.5, 0.6) is 0 Å². The summed E-state index contributed by atoms with van der Waals surface area (Å²) in [5.41, 5.74) is -8.18. The Kier molecular flexibility index (Phi) is 7.65. The van der Waals surface area contributed by atoms with Crippen LogP contribution in [0.3, 0.4) is 0 Å². The van der Waals surface area contributed by atoms with Gasteiger partial charge in [-0.05, 0) is 13.8 Å². The van der Waals surface area contributed by atoms with E-state index < -0.39 is 79.3 Å². The highest BCUT2D eigenvalue weighted by atomic mass is 31.2. The largest absolute Gasteiger partial charge is 0.506 e. The number of aromatic nitrogens is 2. The summed E-state index contributed by atoms with van der Waals surface area (Å²) in [6.45, 7) is -1.25. The molecule has 0 radical (unpaired) electrons. The van der Waals surface area contributed by atoms with Crippen molar-refractivity contribution >= 4 is 15.2 Å². The van der Waals surface area contributed by atoms with E-state index in [0.717, 1.165) is 32.2 Å². The van der Waals surface area contributed by atoms with E-state index in [1.165, 1.54) is 18.2 Å². The highest BCUT2D eigenvalue weighted by molar-refractivity contribution is 7.72. The number of hydrogen-bond acceptors (Lipinski definition) is 8. The van der Waals surface area contributed by atoms with Crippen molar-refractivity contribution < 1.29 is 60.8 Å². The summed E-state index contributed by atoms with van der Waals surface area (Å²) in [4.78, 5) is 52.3. The summed E-state index contributed by atoms with van der Waals surface area (Å²) in [7, 11) is -12.9. The fourth-order valence-electron chi connectivity index (χ4n) is 3.68. The number of alkyl halides is 4. The highest BCUT2D eigenvalue weighted by Crippen LogP contribution is 2.73. The fraction of sp³-hybridized carbons (Fsp3) is 0.400. The molecule has 3 atom stereocenters. The Morgan fingerprint density at radius 3 is 2.08 bits per heavy atom. The van der Waals surface area contributed by atoms with Gasteiger partial charge in [-0.3, -0.25) is 23.1 Å². The third kappa shape index (κ3) is 5.23. The van der Waals surface area contributed by atoms with Crippen LogP contribution in [0.2, 0.25) is 0 Å². The molecule has 216 valence electrons. The number of benzene rings is 1. The van der Waals surface area contributed by atoms with Gasteiger partial charge in [0.15, 0.2) is 17.1 Å². The first-order chi connectivity index (χ1) is 17.6. The average molecular weight is 604 g/mol. The van der Waals surface area contributed by atoms with E-state index in [2.05, 4.69) is 4.52 Å². The Bertz CT molecular complexity index is 1520. The third-order valence-electron chi connectivity index (χ3n) is 5.88. The Morgan fingerprint density at radius 1 is 0.974 bits per heavy atom. The molecule has 2 aromatic rings. The molecule has 13 nitrogen and oxygen atoms in total. The van der Waals surface area contributed by atoms with Crippen molar-refractivity contribution in [1.29, 1.82) is 0 Å². The van der Waals surface area contributed by atoms with Crippen LogP contribution in [0.4, 0.5) is 17.6 Å². The summed E-state index contributed by atoms with van der Waals surface area (Å²) in [6, 6.07) is 6.85. The molecular weight excluding hydrogens is 582 g/mol. The average Bonchev–Trinajstić information content (AvgIpc) is 3.01. The van der Waals surface area contributed by atoms with Gasteiger partial charge in [-0.2, -0.15) is 17.6 Å². The van der Waals surface area contributed by atoms with E-state index in [9.17, 15) is 51.4 Å². The zero-order chi connectivity index (χ0) is 29.8. The summed E-state index contributed by atoms with van der Waals surface area (Å²) in [5.74, 6) is -6.16. The standard InChI is InChI=1S/C20H22F4N2O11P2/c1-17(11-36-39(34,35)20(23,24)38(31,32)33)14(28)15(29)18(2,37-17)26-9-8-13(27)25(16(26)30)10-19(21,22)12-6-4-3-5-7-12/h3-9,28-29H,10-11H2,1-2H3,(H,34,35)(H2,31,32,33). The number of hydrogen-bond donors (Lipinski definition) is 5. The quantitative estimate of drug-likeness (QED) is 0.208. The van der Waals surface area contributed by atoms with Crippen LogP contribution in [0.15, 0.2) is 63.7 Å². The van der Waals surface area contributed by atoms with Gasteiger partial charge in [0.05, 0.1) is 13.2 Å². The zero-order valence-electron chi connectivity index (χ0n) is 19.9. The maximum Gasteiger partial charge on any atom is 0.443 e. The molecule has 5 N–H and O–H groups in total.